The van der Waals surface area contributed by atoms with Crippen molar-refractivity contribution in [3.8, 4) is 0 Å². The van der Waals surface area contributed by atoms with Gasteiger partial charge < -0.3 is 20.3 Å². The number of carbonyl (C=O) groups is 2. The third-order valence-corrected chi connectivity index (χ3v) is 3.22. The Morgan fingerprint density at radius 3 is 2.39 bits per heavy atom. The zero-order valence-electron chi connectivity index (χ0n) is 14.2. The van der Waals surface area contributed by atoms with Gasteiger partial charge in [0.1, 0.15) is 17.8 Å². The molecule has 0 aliphatic heterocycles. The fraction of sp³-hybridized carbons (Fsp3) is 0.529. The summed E-state index contributed by atoms with van der Waals surface area (Å²) in [4.78, 5) is 23.0. The van der Waals surface area contributed by atoms with Crippen LogP contribution in [-0.4, -0.2) is 40.3 Å². The van der Waals surface area contributed by atoms with E-state index in [9.17, 15) is 19.8 Å². The first-order chi connectivity index (χ1) is 10.5. The second kappa shape index (κ2) is 7.57. The van der Waals surface area contributed by atoms with Crippen LogP contribution in [0.3, 0.4) is 0 Å². The molecule has 2 unspecified atom stereocenters. The molecule has 0 radical (unpaired) electrons. The van der Waals surface area contributed by atoms with E-state index in [-0.39, 0.29) is 12.3 Å². The Morgan fingerprint density at radius 1 is 1.26 bits per heavy atom. The second-order valence-electron chi connectivity index (χ2n) is 6.52. The molecule has 0 saturated carbocycles. The highest BCUT2D eigenvalue weighted by molar-refractivity contribution is 5.94. The van der Waals surface area contributed by atoms with Gasteiger partial charge in [0.05, 0.1) is 0 Å². The number of aliphatic hydroxyl groups is 2. The molecule has 0 bridgehead atoms. The van der Waals surface area contributed by atoms with E-state index in [4.69, 9.17) is 4.74 Å². The predicted octanol–water partition coefficient (Wildman–Crippen LogP) is 2.12. The first-order valence-electron chi connectivity index (χ1n) is 7.45. The number of aryl methyl sites for hydroxylation is 1. The first-order valence-corrected chi connectivity index (χ1v) is 7.45. The number of carbonyl (C=O) groups excluding carboxylic acids is 2. The van der Waals surface area contributed by atoms with E-state index in [2.05, 4.69) is 5.32 Å². The van der Waals surface area contributed by atoms with E-state index < -0.39 is 23.9 Å². The highest BCUT2D eigenvalue weighted by atomic mass is 16.6. The van der Waals surface area contributed by atoms with E-state index in [0.717, 1.165) is 5.56 Å². The molecule has 0 spiro atoms. The van der Waals surface area contributed by atoms with Crippen molar-refractivity contribution >= 4 is 11.9 Å². The molecule has 2 atom stereocenters. The summed E-state index contributed by atoms with van der Waals surface area (Å²) < 4.78 is 5.06. The number of ketones is 1. The van der Waals surface area contributed by atoms with Gasteiger partial charge in [0, 0.05) is 12.1 Å². The molecular formula is C17H25NO5. The minimum Gasteiger partial charge on any atom is -0.444 e. The number of amides is 1. The third-order valence-electron chi connectivity index (χ3n) is 3.22. The maximum atomic E-state index is 11.6. The van der Waals surface area contributed by atoms with Crippen LogP contribution in [0.25, 0.3) is 0 Å². The lowest BCUT2D eigenvalue weighted by Crippen LogP contribution is -2.39. The lowest BCUT2D eigenvalue weighted by molar-refractivity contribution is 0.0126. The van der Waals surface area contributed by atoms with E-state index in [1.54, 1.807) is 45.9 Å². The van der Waals surface area contributed by atoms with Crippen molar-refractivity contribution in [1.82, 2.24) is 5.32 Å². The molecule has 0 aliphatic carbocycles. The molecule has 6 nitrogen and oxygen atoms in total. The Kier molecular flexibility index (Phi) is 6.29. The Labute approximate surface area is 136 Å². The van der Waals surface area contributed by atoms with E-state index >= 15 is 0 Å². The van der Waals surface area contributed by atoms with Crippen molar-refractivity contribution in [3.63, 3.8) is 0 Å². The fourth-order valence-electron chi connectivity index (χ4n) is 2.00. The van der Waals surface area contributed by atoms with Crippen LogP contribution in [-0.2, 0) is 4.74 Å². The lowest BCUT2D eigenvalue weighted by atomic mass is 9.96. The summed E-state index contributed by atoms with van der Waals surface area (Å²) in [6, 6.07) is 4.93. The summed E-state index contributed by atoms with van der Waals surface area (Å²) in [5.41, 5.74) is 1.02. The zero-order chi connectivity index (χ0) is 17.8. The first kappa shape index (κ1) is 19.1. The van der Waals surface area contributed by atoms with Gasteiger partial charge in [0.25, 0.3) is 0 Å². The van der Waals surface area contributed by atoms with Crippen LogP contribution < -0.4 is 5.32 Å². The summed E-state index contributed by atoms with van der Waals surface area (Å²) >= 11 is 0. The normalized spacial score (nSPS) is 14.0. The van der Waals surface area contributed by atoms with Crippen molar-refractivity contribution in [2.45, 2.75) is 52.4 Å². The summed E-state index contributed by atoms with van der Waals surface area (Å²) in [7, 11) is 0. The number of aliphatic hydroxyl groups excluding tert-OH is 2. The van der Waals surface area contributed by atoms with Crippen LogP contribution in [0.2, 0.25) is 0 Å². The highest BCUT2D eigenvalue weighted by Gasteiger charge is 2.23. The standard InChI is InChI=1S/C17H25NO5/c1-10-6-7-12(11(2)19)8-13(10)15(21)14(20)9-18-16(22)23-17(3,4)5/h6-8,14-15,20-21H,9H2,1-5H3,(H,18,22). The molecule has 0 heterocycles. The number of ether oxygens (including phenoxy) is 1. The Hall–Kier alpha value is -1.92. The van der Waals surface area contributed by atoms with Crippen molar-refractivity contribution in [1.29, 1.82) is 0 Å². The molecule has 6 heteroatoms. The molecule has 0 aliphatic rings. The van der Waals surface area contributed by atoms with Gasteiger partial charge in [0.2, 0.25) is 0 Å². The van der Waals surface area contributed by atoms with Crippen molar-refractivity contribution in [3.05, 3.63) is 34.9 Å². The molecule has 1 rings (SSSR count). The summed E-state index contributed by atoms with van der Waals surface area (Å²) in [6.45, 7) is 8.23. The van der Waals surface area contributed by atoms with Crippen molar-refractivity contribution in [2.24, 2.45) is 0 Å². The summed E-state index contributed by atoms with van der Waals surface area (Å²) in [6.07, 6.45) is -3.11. The smallest absolute Gasteiger partial charge is 0.407 e. The van der Waals surface area contributed by atoms with Crippen molar-refractivity contribution in [2.75, 3.05) is 6.54 Å². The molecule has 0 saturated heterocycles. The van der Waals surface area contributed by atoms with Crippen LogP contribution in [0, 0.1) is 6.92 Å². The molecule has 1 aromatic carbocycles. The SMILES string of the molecule is CC(=O)c1ccc(C)c(C(O)C(O)CNC(=O)OC(C)(C)C)c1. The number of Topliss-reactive ketones (excluding diaryl/α,β-unsaturated/α-hetero) is 1. The average molecular weight is 323 g/mol. The number of nitrogens with one attached hydrogen (secondary N) is 1. The lowest BCUT2D eigenvalue weighted by Gasteiger charge is -2.23. The number of rotatable bonds is 5. The van der Waals surface area contributed by atoms with Crippen LogP contribution in [0.15, 0.2) is 18.2 Å². The largest absolute Gasteiger partial charge is 0.444 e. The topological polar surface area (TPSA) is 95.9 Å². The van der Waals surface area contributed by atoms with Crippen LogP contribution in [0.4, 0.5) is 4.79 Å². The summed E-state index contributed by atoms with van der Waals surface area (Å²) in [5.74, 6) is -0.125. The Bertz CT molecular complexity index is 577. The number of hydrogen-bond acceptors (Lipinski definition) is 5. The van der Waals surface area contributed by atoms with Gasteiger partial charge >= 0.3 is 6.09 Å². The van der Waals surface area contributed by atoms with Crippen LogP contribution in [0.5, 0.6) is 0 Å². The molecular weight excluding hydrogens is 298 g/mol. The van der Waals surface area contributed by atoms with Gasteiger partial charge in [0.15, 0.2) is 5.78 Å². The van der Waals surface area contributed by atoms with Crippen LogP contribution in [0.1, 0.15) is 55.3 Å². The van der Waals surface area contributed by atoms with Gasteiger partial charge in [-0.2, -0.15) is 0 Å². The minimum atomic E-state index is -1.22. The van der Waals surface area contributed by atoms with Gasteiger partial charge in [-0.15, -0.1) is 0 Å². The average Bonchev–Trinajstić information content (AvgIpc) is 2.42. The number of benzene rings is 1. The highest BCUT2D eigenvalue weighted by Crippen LogP contribution is 2.22. The molecule has 0 fully saturated rings. The van der Waals surface area contributed by atoms with Crippen LogP contribution >= 0.6 is 0 Å². The number of hydrogen-bond donors (Lipinski definition) is 3. The van der Waals surface area contributed by atoms with Gasteiger partial charge in [-0.3, -0.25) is 4.79 Å². The molecule has 0 aromatic heterocycles. The fourth-order valence-corrected chi connectivity index (χ4v) is 2.00. The van der Waals surface area contributed by atoms with E-state index in [0.29, 0.717) is 11.1 Å². The van der Waals surface area contributed by atoms with Gasteiger partial charge in [-0.05, 0) is 51.8 Å². The molecule has 1 aromatic rings. The third kappa shape index (κ3) is 6.00. The summed E-state index contributed by atoms with van der Waals surface area (Å²) in [5, 5.41) is 22.7. The maximum Gasteiger partial charge on any atom is 0.407 e. The molecule has 1 amide bonds. The van der Waals surface area contributed by atoms with Gasteiger partial charge in [-0.25, -0.2) is 4.79 Å². The predicted molar refractivity (Wildman–Crippen MR) is 86.4 cm³/mol. The van der Waals surface area contributed by atoms with E-state index in [1.807, 2.05) is 0 Å². The molecule has 3 N–H and O–H groups in total. The second-order valence-corrected chi connectivity index (χ2v) is 6.52. The zero-order valence-corrected chi connectivity index (χ0v) is 14.2. The minimum absolute atomic E-state index is 0.125. The Morgan fingerprint density at radius 2 is 1.87 bits per heavy atom. The monoisotopic (exact) mass is 323 g/mol. The van der Waals surface area contributed by atoms with E-state index in [1.165, 1.54) is 6.92 Å². The molecule has 23 heavy (non-hydrogen) atoms. The van der Waals surface area contributed by atoms with Crippen molar-refractivity contribution < 1.29 is 24.5 Å². The molecule has 128 valence electrons. The maximum absolute atomic E-state index is 11.6. The number of alkyl carbamates (subject to hydrolysis) is 1. The quantitative estimate of drug-likeness (QED) is 0.721. The van der Waals surface area contributed by atoms with Gasteiger partial charge in [-0.1, -0.05) is 12.1 Å². The Balaban J connectivity index is 2.73.